The Labute approximate surface area is 126 Å². The Balaban J connectivity index is 1.93. The number of nitrogens with zero attached hydrogens (tertiary/aromatic N) is 1. The van der Waals surface area contributed by atoms with Crippen molar-refractivity contribution in [2.75, 3.05) is 19.6 Å². The van der Waals surface area contributed by atoms with Crippen molar-refractivity contribution in [2.24, 2.45) is 0 Å². The van der Waals surface area contributed by atoms with Gasteiger partial charge in [0.05, 0.1) is 12.1 Å². The quantitative estimate of drug-likeness (QED) is 0.826. The smallest absolute Gasteiger partial charge is 0.252 e. The van der Waals surface area contributed by atoms with Crippen LogP contribution in [-0.4, -0.2) is 36.3 Å². The van der Waals surface area contributed by atoms with Gasteiger partial charge in [0, 0.05) is 22.5 Å². The van der Waals surface area contributed by atoms with E-state index in [-0.39, 0.29) is 18.4 Å². The van der Waals surface area contributed by atoms with Gasteiger partial charge >= 0.3 is 0 Å². The molecule has 1 aromatic carbocycles. The number of halogens is 1. The maximum absolute atomic E-state index is 12.0. The van der Waals surface area contributed by atoms with Crippen molar-refractivity contribution >= 4 is 40.4 Å². The van der Waals surface area contributed by atoms with E-state index in [4.69, 9.17) is 0 Å². The number of benzene rings is 1. The predicted octanol–water partition coefficient (Wildman–Crippen LogP) is 2.09. The van der Waals surface area contributed by atoms with Crippen LogP contribution < -0.4 is 5.32 Å². The van der Waals surface area contributed by atoms with Crippen molar-refractivity contribution in [3.8, 4) is 0 Å². The predicted molar refractivity (Wildman–Crippen MR) is 79.5 cm³/mol. The van der Waals surface area contributed by atoms with E-state index in [2.05, 4.69) is 33.9 Å². The van der Waals surface area contributed by atoms with Gasteiger partial charge in [-0.1, -0.05) is 0 Å². The summed E-state index contributed by atoms with van der Waals surface area (Å²) in [6.45, 7) is 1.64. The van der Waals surface area contributed by atoms with Gasteiger partial charge in [-0.2, -0.15) is 0 Å². The number of hydrogen-bond acceptors (Lipinski definition) is 3. The third kappa shape index (κ3) is 3.73. The second-order valence-corrected chi connectivity index (χ2v) is 5.81. The number of hydrogen-bond donors (Lipinski definition) is 2. The molecule has 0 aromatic heterocycles. The molecule has 4 nitrogen and oxygen atoms in total. The molecule has 6 heteroatoms. The minimum atomic E-state index is -0.268. The maximum atomic E-state index is 12.0. The Morgan fingerprint density at radius 1 is 1.32 bits per heavy atom. The van der Waals surface area contributed by atoms with Gasteiger partial charge in [0.15, 0.2) is 0 Å². The van der Waals surface area contributed by atoms with Gasteiger partial charge < -0.3 is 10.2 Å². The first-order valence-corrected chi connectivity index (χ1v) is 7.36. The van der Waals surface area contributed by atoms with Gasteiger partial charge in [-0.15, -0.1) is 12.6 Å². The Hall–Kier alpha value is -1.01. The van der Waals surface area contributed by atoms with E-state index in [0.717, 1.165) is 25.9 Å². The summed E-state index contributed by atoms with van der Waals surface area (Å²) in [6, 6.07) is 5.22. The molecule has 0 spiro atoms. The Morgan fingerprint density at radius 2 is 2.00 bits per heavy atom. The van der Waals surface area contributed by atoms with Crippen LogP contribution in [0.25, 0.3) is 0 Å². The highest BCUT2D eigenvalue weighted by atomic mass is 79.9. The van der Waals surface area contributed by atoms with Crippen LogP contribution in [0.5, 0.6) is 0 Å². The number of likely N-dealkylation sites (tertiary alicyclic amines) is 1. The van der Waals surface area contributed by atoms with Crippen LogP contribution in [0.2, 0.25) is 0 Å². The Kier molecular flexibility index (Phi) is 4.87. The summed E-state index contributed by atoms with van der Waals surface area (Å²) in [7, 11) is 0. The first kappa shape index (κ1) is 14.4. The first-order chi connectivity index (χ1) is 9.08. The highest BCUT2D eigenvalue weighted by Crippen LogP contribution is 2.20. The maximum Gasteiger partial charge on any atom is 0.252 e. The van der Waals surface area contributed by atoms with Gasteiger partial charge in [-0.3, -0.25) is 9.59 Å². The lowest BCUT2D eigenvalue weighted by Gasteiger charge is -2.15. The number of carbonyl (C=O) groups excluding carboxylic acids is 2. The molecule has 0 unspecified atom stereocenters. The van der Waals surface area contributed by atoms with Crippen LogP contribution in [0.15, 0.2) is 27.6 Å². The van der Waals surface area contributed by atoms with Crippen LogP contribution in [0.4, 0.5) is 0 Å². The van der Waals surface area contributed by atoms with Crippen molar-refractivity contribution in [2.45, 2.75) is 17.7 Å². The fourth-order valence-corrected chi connectivity index (χ4v) is 2.65. The van der Waals surface area contributed by atoms with Crippen LogP contribution in [0, 0.1) is 0 Å². The molecule has 19 heavy (non-hydrogen) atoms. The Morgan fingerprint density at radius 3 is 2.68 bits per heavy atom. The van der Waals surface area contributed by atoms with Gasteiger partial charge in [0.25, 0.3) is 5.91 Å². The molecule has 2 rings (SSSR count). The molecule has 0 aliphatic carbocycles. The van der Waals surface area contributed by atoms with Crippen LogP contribution in [-0.2, 0) is 4.79 Å². The molecule has 1 N–H and O–H groups in total. The number of carbonyl (C=O) groups is 2. The first-order valence-electron chi connectivity index (χ1n) is 6.12. The number of nitrogens with one attached hydrogen (secondary N) is 1. The van der Waals surface area contributed by atoms with Crippen molar-refractivity contribution in [3.05, 3.63) is 28.2 Å². The molecular weight excluding hydrogens is 328 g/mol. The molecule has 0 saturated carbocycles. The van der Waals surface area contributed by atoms with E-state index in [1.165, 1.54) is 0 Å². The molecule has 1 fully saturated rings. The summed E-state index contributed by atoms with van der Waals surface area (Å²) < 4.78 is 0.691. The minimum Gasteiger partial charge on any atom is -0.343 e. The minimum absolute atomic E-state index is 0.0241. The molecule has 1 saturated heterocycles. The molecule has 1 aromatic rings. The fraction of sp³-hybridized carbons (Fsp3) is 0.385. The molecule has 0 radical (unpaired) electrons. The molecule has 1 aliphatic heterocycles. The molecule has 2 amide bonds. The molecule has 0 bridgehead atoms. The normalized spacial score (nSPS) is 14.5. The van der Waals surface area contributed by atoms with Crippen molar-refractivity contribution in [3.63, 3.8) is 0 Å². The lowest BCUT2D eigenvalue weighted by Crippen LogP contribution is -2.38. The molecule has 1 heterocycles. The van der Waals surface area contributed by atoms with E-state index >= 15 is 0 Å². The zero-order chi connectivity index (χ0) is 13.8. The van der Waals surface area contributed by atoms with Crippen LogP contribution in [0.3, 0.4) is 0 Å². The van der Waals surface area contributed by atoms with Crippen molar-refractivity contribution < 1.29 is 9.59 Å². The van der Waals surface area contributed by atoms with E-state index in [0.29, 0.717) is 14.9 Å². The fourth-order valence-electron chi connectivity index (χ4n) is 2.02. The van der Waals surface area contributed by atoms with Crippen molar-refractivity contribution in [1.29, 1.82) is 0 Å². The monoisotopic (exact) mass is 342 g/mol. The summed E-state index contributed by atoms with van der Waals surface area (Å²) in [5, 5.41) is 2.65. The standard InChI is InChI=1S/C13H15BrN2O2S/c14-11-4-3-9(19)7-10(11)13(18)15-8-12(17)16-5-1-2-6-16/h3-4,7,19H,1-2,5-6,8H2,(H,15,18). The summed E-state index contributed by atoms with van der Waals surface area (Å²) >= 11 is 7.51. The van der Waals surface area contributed by atoms with Crippen LogP contribution >= 0.6 is 28.6 Å². The zero-order valence-corrected chi connectivity index (χ0v) is 12.8. The zero-order valence-electron chi connectivity index (χ0n) is 10.4. The van der Waals surface area contributed by atoms with Crippen molar-refractivity contribution in [1.82, 2.24) is 10.2 Å². The number of thiol groups is 1. The summed E-state index contributed by atoms with van der Waals surface area (Å²) in [4.78, 5) is 26.3. The lowest BCUT2D eigenvalue weighted by molar-refractivity contribution is -0.129. The van der Waals surface area contributed by atoms with Crippen LogP contribution in [0.1, 0.15) is 23.2 Å². The summed E-state index contributed by atoms with van der Waals surface area (Å²) in [6.07, 6.45) is 2.10. The number of amides is 2. The molecule has 102 valence electrons. The van der Waals surface area contributed by atoms with Gasteiger partial charge in [0.1, 0.15) is 0 Å². The second-order valence-electron chi connectivity index (χ2n) is 4.43. The molecule has 0 atom stereocenters. The molecule has 1 aliphatic rings. The SMILES string of the molecule is O=C(NCC(=O)N1CCCC1)c1cc(S)ccc1Br. The summed E-state index contributed by atoms with van der Waals surface area (Å²) in [5.41, 5.74) is 0.488. The second kappa shape index (κ2) is 6.43. The lowest BCUT2D eigenvalue weighted by atomic mass is 10.2. The largest absolute Gasteiger partial charge is 0.343 e. The van der Waals surface area contributed by atoms with E-state index < -0.39 is 0 Å². The topological polar surface area (TPSA) is 49.4 Å². The number of rotatable bonds is 3. The highest BCUT2D eigenvalue weighted by Gasteiger charge is 2.19. The average molecular weight is 343 g/mol. The van der Waals surface area contributed by atoms with Gasteiger partial charge in [0.2, 0.25) is 5.91 Å². The van der Waals surface area contributed by atoms with Gasteiger partial charge in [-0.25, -0.2) is 0 Å². The highest BCUT2D eigenvalue weighted by molar-refractivity contribution is 9.10. The molecular formula is C13H15BrN2O2S. The van der Waals surface area contributed by atoms with E-state index in [1.807, 2.05) is 0 Å². The third-order valence-electron chi connectivity index (χ3n) is 3.05. The van der Waals surface area contributed by atoms with Gasteiger partial charge in [-0.05, 0) is 47.0 Å². The third-order valence-corrected chi connectivity index (χ3v) is 4.02. The van der Waals surface area contributed by atoms with E-state index in [1.54, 1.807) is 23.1 Å². The Bertz CT molecular complexity index is 501. The van der Waals surface area contributed by atoms with E-state index in [9.17, 15) is 9.59 Å². The summed E-state index contributed by atoms with van der Waals surface area (Å²) in [5.74, 6) is -0.292. The average Bonchev–Trinajstić information content (AvgIpc) is 2.92.